The first kappa shape index (κ1) is 14.9. The number of aryl methyl sites for hydroxylation is 1. The summed E-state index contributed by atoms with van der Waals surface area (Å²) in [5.41, 5.74) is 8.93. The maximum atomic E-state index is 11.1. The number of nitrogens with one attached hydrogen (secondary N) is 2. The van der Waals surface area contributed by atoms with E-state index in [0.717, 1.165) is 16.8 Å². The number of aromatic nitrogens is 1. The van der Waals surface area contributed by atoms with Gasteiger partial charge in [0.05, 0.1) is 5.56 Å². The fourth-order valence-electron chi connectivity index (χ4n) is 1.98. The monoisotopic (exact) mass is 300 g/mol. The van der Waals surface area contributed by atoms with Crippen molar-refractivity contribution in [1.29, 1.82) is 0 Å². The van der Waals surface area contributed by atoms with Crippen molar-refractivity contribution < 1.29 is 4.79 Å². The first-order chi connectivity index (χ1) is 9.97. The molecule has 0 aliphatic carbocycles. The molecule has 0 spiro atoms. The van der Waals surface area contributed by atoms with Crippen LogP contribution in [0.2, 0.25) is 0 Å². The minimum atomic E-state index is -0.121. The van der Waals surface area contributed by atoms with E-state index in [4.69, 9.17) is 18.0 Å². The number of thiocarbonyl (C=S) groups is 1. The molecule has 1 heterocycles. The predicted octanol–water partition coefficient (Wildman–Crippen LogP) is 2.73. The van der Waals surface area contributed by atoms with Gasteiger partial charge in [0.15, 0.2) is 0 Å². The number of nitrogens with two attached hydrogens (primary N) is 1. The molecule has 1 aromatic carbocycles. The van der Waals surface area contributed by atoms with Gasteiger partial charge in [-0.25, -0.2) is 4.98 Å². The summed E-state index contributed by atoms with van der Waals surface area (Å²) < 4.78 is 0. The van der Waals surface area contributed by atoms with Gasteiger partial charge in [-0.05, 0) is 36.8 Å². The maximum Gasteiger partial charge on any atom is 0.221 e. The highest BCUT2D eigenvalue weighted by atomic mass is 32.1. The van der Waals surface area contributed by atoms with Crippen LogP contribution in [0.3, 0.4) is 0 Å². The second kappa shape index (κ2) is 6.32. The van der Waals surface area contributed by atoms with Gasteiger partial charge in [-0.3, -0.25) is 4.79 Å². The molecule has 5 nitrogen and oxygen atoms in total. The number of anilines is 3. The third kappa shape index (κ3) is 3.76. The highest BCUT2D eigenvalue weighted by molar-refractivity contribution is 7.80. The minimum Gasteiger partial charge on any atom is -0.389 e. The topological polar surface area (TPSA) is 80.0 Å². The van der Waals surface area contributed by atoms with Gasteiger partial charge in [0.25, 0.3) is 0 Å². The van der Waals surface area contributed by atoms with E-state index < -0.39 is 0 Å². The Morgan fingerprint density at radius 3 is 2.67 bits per heavy atom. The second-order valence-corrected chi connectivity index (χ2v) is 5.04. The summed E-state index contributed by atoms with van der Waals surface area (Å²) in [4.78, 5) is 15.7. The number of hydrogen-bond donors (Lipinski definition) is 3. The summed E-state index contributed by atoms with van der Waals surface area (Å²) >= 11 is 5.08. The van der Waals surface area contributed by atoms with Gasteiger partial charge in [0, 0.05) is 24.5 Å². The molecule has 0 radical (unpaired) electrons. The summed E-state index contributed by atoms with van der Waals surface area (Å²) in [6.45, 7) is 3.39. The number of benzene rings is 1. The van der Waals surface area contributed by atoms with E-state index in [1.54, 1.807) is 6.20 Å². The third-order valence-corrected chi connectivity index (χ3v) is 3.06. The SMILES string of the molecule is CC(=O)Nc1cccc(Nc2nccc(C)c2C(N)=S)c1. The van der Waals surface area contributed by atoms with E-state index in [9.17, 15) is 4.79 Å². The molecule has 0 saturated carbocycles. The molecule has 1 aromatic heterocycles. The molecule has 0 aliphatic rings. The van der Waals surface area contributed by atoms with E-state index >= 15 is 0 Å². The Labute approximate surface area is 128 Å². The Kier molecular flexibility index (Phi) is 4.49. The van der Waals surface area contributed by atoms with E-state index in [1.807, 2.05) is 37.3 Å². The molecule has 6 heteroatoms. The zero-order valence-corrected chi connectivity index (χ0v) is 12.6. The summed E-state index contributed by atoms with van der Waals surface area (Å²) in [6, 6.07) is 9.19. The van der Waals surface area contributed by atoms with Crippen LogP contribution in [0.4, 0.5) is 17.2 Å². The highest BCUT2D eigenvalue weighted by Gasteiger charge is 2.10. The average molecular weight is 300 g/mol. The Bertz CT molecular complexity index is 700. The Balaban J connectivity index is 2.32. The van der Waals surface area contributed by atoms with Gasteiger partial charge in [-0.15, -0.1) is 0 Å². The highest BCUT2D eigenvalue weighted by Crippen LogP contribution is 2.23. The van der Waals surface area contributed by atoms with Gasteiger partial charge >= 0.3 is 0 Å². The summed E-state index contributed by atoms with van der Waals surface area (Å²) in [5.74, 6) is 0.479. The van der Waals surface area contributed by atoms with Gasteiger partial charge < -0.3 is 16.4 Å². The van der Waals surface area contributed by atoms with Crippen LogP contribution in [-0.4, -0.2) is 15.9 Å². The van der Waals surface area contributed by atoms with Crippen molar-refractivity contribution in [3.05, 3.63) is 47.7 Å². The molecular weight excluding hydrogens is 284 g/mol. The maximum absolute atomic E-state index is 11.1. The standard InChI is InChI=1S/C15H16N4OS/c1-9-6-7-17-15(13(9)14(16)21)19-12-5-3-4-11(8-12)18-10(2)20/h3-8H,1-2H3,(H2,16,21)(H,17,19)(H,18,20). The van der Waals surface area contributed by atoms with Gasteiger partial charge in [0.1, 0.15) is 10.8 Å². The quantitative estimate of drug-likeness (QED) is 0.757. The average Bonchev–Trinajstić information content (AvgIpc) is 2.37. The van der Waals surface area contributed by atoms with Crippen molar-refractivity contribution in [1.82, 2.24) is 4.98 Å². The molecule has 0 unspecified atom stereocenters. The first-order valence-corrected chi connectivity index (χ1v) is 6.78. The lowest BCUT2D eigenvalue weighted by molar-refractivity contribution is -0.114. The molecule has 2 aromatic rings. The van der Waals surface area contributed by atoms with E-state index in [2.05, 4.69) is 15.6 Å². The Hall–Kier alpha value is -2.47. The van der Waals surface area contributed by atoms with Crippen LogP contribution in [-0.2, 0) is 4.79 Å². The van der Waals surface area contributed by atoms with Crippen LogP contribution >= 0.6 is 12.2 Å². The van der Waals surface area contributed by atoms with Gasteiger partial charge in [0.2, 0.25) is 5.91 Å². The van der Waals surface area contributed by atoms with Crippen LogP contribution in [0.25, 0.3) is 0 Å². The normalized spacial score (nSPS) is 10.0. The Morgan fingerprint density at radius 2 is 2.00 bits per heavy atom. The molecule has 108 valence electrons. The second-order valence-electron chi connectivity index (χ2n) is 4.60. The number of pyridine rings is 1. The van der Waals surface area contributed by atoms with Gasteiger partial charge in [-0.1, -0.05) is 18.3 Å². The van der Waals surface area contributed by atoms with Crippen molar-refractivity contribution in [3.8, 4) is 0 Å². The van der Waals surface area contributed by atoms with E-state index in [1.165, 1.54) is 6.92 Å². The number of rotatable bonds is 4. The van der Waals surface area contributed by atoms with Crippen molar-refractivity contribution in [2.45, 2.75) is 13.8 Å². The Morgan fingerprint density at radius 1 is 1.29 bits per heavy atom. The molecule has 2 rings (SSSR count). The largest absolute Gasteiger partial charge is 0.389 e. The number of hydrogen-bond acceptors (Lipinski definition) is 4. The molecule has 4 N–H and O–H groups in total. The lowest BCUT2D eigenvalue weighted by Gasteiger charge is -2.13. The number of nitrogens with zero attached hydrogens (tertiary/aromatic N) is 1. The van der Waals surface area contributed by atoms with Crippen molar-refractivity contribution in [3.63, 3.8) is 0 Å². The molecule has 21 heavy (non-hydrogen) atoms. The third-order valence-electron chi connectivity index (χ3n) is 2.85. The van der Waals surface area contributed by atoms with Crippen LogP contribution in [0.5, 0.6) is 0 Å². The van der Waals surface area contributed by atoms with Crippen molar-refractivity contribution >= 4 is 40.3 Å². The lowest BCUT2D eigenvalue weighted by Crippen LogP contribution is -2.14. The smallest absolute Gasteiger partial charge is 0.221 e. The summed E-state index contributed by atoms with van der Waals surface area (Å²) in [6.07, 6.45) is 1.69. The summed E-state index contributed by atoms with van der Waals surface area (Å²) in [5, 5.41) is 5.91. The predicted molar refractivity (Wildman–Crippen MR) is 88.9 cm³/mol. The molecule has 1 amide bonds. The van der Waals surface area contributed by atoms with Crippen molar-refractivity contribution in [2.24, 2.45) is 5.73 Å². The van der Waals surface area contributed by atoms with Crippen LogP contribution < -0.4 is 16.4 Å². The van der Waals surface area contributed by atoms with Crippen LogP contribution in [0, 0.1) is 6.92 Å². The van der Waals surface area contributed by atoms with Crippen LogP contribution in [0.15, 0.2) is 36.5 Å². The van der Waals surface area contributed by atoms with Crippen LogP contribution in [0.1, 0.15) is 18.1 Å². The number of carbonyl (C=O) groups is 1. The zero-order valence-electron chi connectivity index (χ0n) is 11.8. The fourth-order valence-corrected chi connectivity index (χ4v) is 2.24. The molecule has 0 fully saturated rings. The number of amides is 1. The van der Waals surface area contributed by atoms with E-state index in [-0.39, 0.29) is 5.91 Å². The lowest BCUT2D eigenvalue weighted by atomic mass is 10.1. The minimum absolute atomic E-state index is 0.121. The van der Waals surface area contributed by atoms with Gasteiger partial charge in [-0.2, -0.15) is 0 Å². The molecule has 0 saturated heterocycles. The molecule has 0 bridgehead atoms. The van der Waals surface area contributed by atoms with Crippen molar-refractivity contribution in [2.75, 3.05) is 10.6 Å². The molecule has 0 atom stereocenters. The van der Waals surface area contributed by atoms with E-state index in [0.29, 0.717) is 16.5 Å². The number of carbonyl (C=O) groups excluding carboxylic acids is 1. The first-order valence-electron chi connectivity index (χ1n) is 6.37. The zero-order chi connectivity index (χ0) is 15.4. The molecular formula is C15H16N4OS. The fraction of sp³-hybridized carbons (Fsp3) is 0.133. The summed E-state index contributed by atoms with van der Waals surface area (Å²) in [7, 11) is 0. The molecule has 0 aliphatic heterocycles.